The van der Waals surface area contributed by atoms with Crippen molar-refractivity contribution in [3.05, 3.63) is 41.5 Å². The Morgan fingerprint density at radius 3 is 2.54 bits per heavy atom. The van der Waals surface area contributed by atoms with Crippen molar-refractivity contribution in [2.75, 3.05) is 10.8 Å². The number of nitriles is 1. The molecule has 1 aromatic carbocycles. The van der Waals surface area contributed by atoms with E-state index in [1.165, 1.54) is 16.4 Å². The van der Waals surface area contributed by atoms with Crippen molar-refractivity contribution in [1.82, 2.24) is 0 Å². The van der Waals surface area contributed by atoms with Crippen LogP contribution >= 0.6 is 10.8 Å². The summed E-state index contributed by atoms with van der Waals surface area (Å²) in [5.41, 5.74) is -1.41. The van der Waals surface area contributed by atoms with Crippen LogP contribution in [0.4, 0.5) is 18.9 Å². The molecule has 0 aromatic heterocycles. The van der Waals surface area contributed by atoms with Crippen molar-refractivity contribution < 1.29 is 22.3 Å². The first-order valence-electron chi connectivity index (χ1n) is 7.58. The van der Waals surface area contributed by atoms with Gasteiger partial charge < -0.3 is 0 Å². The van der Waals surface area contributed by atoms with Gasteiger partial charge in [0, 0.05) is 12.5 Å². The molecule has 2 bridgehead atoms. The van der Waals surface area contributed by atoms with Crippen LogP contribution in [0.5, 0.6) is 0 Å². The highest BCUT2D eigenvalue weighted by atomic mass is 32.3. The molecule has 24 heavy (non-hydrogen) atoms. The fourth-order valence-corrected chi connectivity index (χ4v) is 6.85. The summed E-state index contributed by atoms with van der Waals surface area (Å²) < 4.78 is 62.2. The molecule has 4 rings (SSSR count). The summed E-state index contributed by atoms with van der Waals surface area (Å²) in [5.74, 6) is 0.391. The summed E-state index contributed by atoms with van der Waals surface area (Å²) in [6.07, 6.45) is 0.286. The number of hydrogen-bond donors (Lipinski definition) is 2. The van der Waals surface area contributed by atoms with Gasteiger partial charge in [0.2, 0.25) is 0 Å². The molecule has 4 atom stereocenters. The van der Waals surface area contributed by atoms with Gasteiger partial charge >= 0.3 is 6.18 Å². The molecule has 4 nitrogen and oxygen atoms in total. The highest BCUT2D eigenvalue weighted by molar-refractivity contribution is 8.26. The van der Waals surface area contributed by atoms with Crippen LogP contribution in [-0.4, -0.2) is 20.9 Å². The first-order chi connectivity index (χ1) is 11.2. The lowest BCUT2D eigenvalue weighted by molar-refractivity contribution is -0.137. The first kappa shape index (κ1) is 15.8. The van der Waals surface area contributed by atoms with Crippen LogP contribution in [0.25, 0.3) is 0 Å². The molecule has 2 fully saturated rings. The van der Waals surface area contributed by atoms with Gasteiger partial charge in [0.05, 0.1) is 28.1 Å². The Hall–Kier alpha value is -1.69. The number of fused-ring (bicyclic) bond motifs is 5. The number of allylic oxidation sites excluding steroid dienone is 2. The molecule has 3 aliphatic rings. The summed E-state index contributed by atoms with van der Waals surface area (Å²) in [4.78, 5) is 0. The van der Waals surface area contributed by atoms with E-state index in [1.807, 2.05) is 6.08 Å². The maximum absolute atomic E-state index is 13.2. The average Bonchev–Trinajstić information content (AvgIpc) is 3.18. The highest BCUT2D eigenvalue weighted by Gasteiger charge is 2.58. The third kappa shape index (κ3) is 2.08. The van der Waals surface area contributed by atoms with Gasteiger partial charge in [-0.1, -0.05) is 12.2 Å². The van der Waals surface area contributed by atoms with E-state index in [9.17, 15) is 22.3 Å². The van der Waals surface area contributed by atoms with Crippen LogP contribution in [0.1, 0.15) is 17.5 Å². The fraction of sp³-hybridized carbons (Fsp3) is 0.438. The molecule has 1 aliphatic heterocycles. The van der Waals surface area contributed by atoms with Crippen molar-refractivity contribution in [2.24, 2.45) is 17.8 Å². The van der Waals surface area contributed by atoms with E-state index < -0.39 is 28.1 Å². The minimum absolute atomic E-state index is 0.0509. The summed E-state index contributed by atoms with van der Waals surface area (Å²) in [6, 6.07) is 4.84. The van der Waals surface area contributed by atoms with Crippen LogP contribution < -0.4 is 4.31 Å². The van der Waals surface area contributed by atoms with E-state index in [-0.39, 0.29) is 28.7 Å². The van der Waals surface area contributed by atoms with Crippen molar-refractivity contribution >= 4 is 16.5 Å². The minimum atomic E-state index is -4.67. The van der Waals surface area contributed by atoms with E-state index in [0.717, 1.165) is 18.6 Å². The van der Waals surface area contributed by atoms with E-state index in [4.69, 9.17) is 5.26 Å². The van der Waals surface area contributed by atoms with E-state index in [1.54, 1.807) is 0 Å². The Bertz CT molecular complexity index is 772. The van der Waals surface area contributed by atoms with Gasteiger partial charge in [-0.05, 0) is 36.5 Å². The lowest BCUT2D eigenvalue weighted by Gasteiger charge is -2.43. The van der Waals surface area contributed by atoms with Gasteiger partial charge in [-0.3, -0.25) is 13.4 Å². The quantitative estimate of drug-likeness (QED) is 0.738. The Kier molecular flexibility index (Phi) is 3.24. The average molecular weight is 356 g/mol. The molecule has 1 aromatic rings. The molecule has 8 heteroatoms. The van der Waals surface area contributed by atoms with Gasteiger partial charge in [-0.2, -0.15) is 18.4 Å². The molecular formula is C16H15F3N2O2S. The number of benzene rings is 1. The second-order valence-electron chi connectivity index (χ2n) is 6.54. The predicted octanol–water partition coefficient (Wildman–Crippen LogP) is 4.25. The molecule has 2 aliphatic carbocycles. The van der Waals surface area contributed by atoms with Crippen molar-refractivity contribution in [3.63, 3.8) is 0 Å². The Balaban J connectivity index is 1.74. The predicted molar refractivity (Wildman–Crippen MR) is 84.4 cm³/mol. The Morgan fingerprint density at radius 2 is 1.92 bits per heavy atom. The van der Waals surface area contributed by atoms with Gasteiger partial charge in [0.15, 0.2) is 0 Å². The van der Waals surface area contributed by atoms with Gasteiger partial charge in [-0.15, -0.1) is 10.8 Å². The second kappa shape index (κ2) is 4.91. The molecule has 0 unspecified atom stereocenters. The van der Waals surface area contributed by atoms with Crippen molar-refractivity contribution in [1.29, 1.82) is 5.26 Å². The van der Waals surface area contributed by atoms with Crippen molar-refractivity contribution in [3.8, 4) is 6.07 Å². The summed E-state index contributed by atoms with van der Waals surface area (Å²) >= 11 is 0. The number of halogens is 3. The monoisotopic (exact) mass is 356 g/mol. The van der Waals surface area contributed by atoms with Crippen LogP contribution in [0.2, 0.25) is 0 Å². The van der Waals surface area contributed by atoms with Crippen LogP contribution in [-0.2, 0) is 6.18 Å². The maximum Gasteiger partial charge on any atom is 0.417 e. The SMILES string of the molecule is N#Cc1ccc(N2C[C@H]3[C@H]([C@H]4C=C[C@@H]3C4)S2(O)O)cc1C(F)(F)F. The molecule has 1 saturated carbocycles. The van der Waals surface area contributed by atoms with Gasteiger partial charge in [0.25, 0.3) is 0 Å². The zero-order valence-corrected chi connectivity index (χ0v) is 13.3. The van der Waals surface area contributed by atoms with Crippen molar-refractivity contribution in [2.45, 2.75) is 17.8 Å². The zero-order chi connectivity index (χ0) is 17.3. The summed E-state index contributed by atoms with van der Waals surface area (Å²) in [5, 5.41) is 8.56. The molecule has 0 spiro atoms. The summed E-state index contributed by atoms with van der Waals surface area (Å²) in [6.45, 7) is 0.321. The number of alkyl halides is 3. The molecular weight excluding hydrogens is 341 g/mol. The molecule has 2 N–H and O–H groups in total. The number of rotatable bonds is 1. The van der Waals surface area contributed by atoms with Crippen LogP contribution in [0.15, 0.2) is 30.4 Å². The normalized spacial score (nSPS) is 34.2. The Morgan fingerprint density at radius 1 is 1.21 bits per heavy atom. The lowest BCUT2D eigenvalue weighted by atomic mass is 9.93. The summed E-state index contributed by atoms with van der Waals surface area (Å²) in [7, 11) is -3.20. The third-order valence-electron chi connectivity index (χ3n) is 5.33. The van der Waals surface area contributed by atoms with Gasteiger partial charge in [-0.25, -0.2) is 0 Å². The Labute approximate surface area is 138 Å². The minimum Gasteiger partial charge on any atom is -0.281 e. The molecule has 1 heterocycles. The largest absolute Gasteiger partial charge is 0.417 e. The molecule has 0 radical (unpaired) electrons. The first-order valence-corrected chi connectivity index (χ1v) is 9.14. The maximum atomic E-state index is 13.2. The second-order valence-corrected chi connectivity index (χ2v) is 8.65. The molecule has 128 valence electrons. The fourth-order valence-electron chi connectivity index (χ4n) is 4.32. The van der Waals surface area contributed by atoms with Crippen LogP contribution in [0.3, 0.4) is 0 Å². The van der Waals surface area contributed by atoms with E-state index in [0.29, 0.717) is 6.54 Å². The smallest absolute Gasteiger partial charge is 0.281 e. The number of hydrogen-bond acceptors (Lipinski definition) is 4. The lowest BCUT2D eigenvalue weighted by Crippen LogP contribution is -2.28. The number of nitrogens with zero attached hydrogens (tertiary/aromatic N) is 2. The number of anilines is 1. The topological polar surface area (TPSA) is 67.5 Å². The molecule has 0 amide bonds. The van der Waals surface area contributed by atoms with Crippen LogP contribution in [0, 0.1) is 29.1 Å². The third-order valence-corrected chi connectivity index (χ3v) is 7.76. The van der Waals surface area contributed by atoms with E-state index >= 15 is 0 Å². The standard InChI is InChI=1S/C16H15F3N2O2S/c17-16(18,19)14-6-12(4-3-11(14)7-20)21-8-13-9-1-2-10(5-9)15(13)24(21,22)23/h1-4,6,9-10,13,15,22-23H,5,8H2/t9-,10+,13-,15+/m1/s1. The molecule has 1 saturated heterocycles. The highest BCUT2D eigenvalue weighted by Crippen LogP contribution is 2.68. The van der Waals surface area contributed by atoms with Gasteiger partial charge in [0.1, 0.15) is 0 Å². The van der Waals surface area contributed by atoms with E-state index in [2.05, 4.69) is 6.08 Å². The zero-order valence-electron chi connectivity index (χ0n) is 12.4.